The molecule has 0 aliphatic carbocycles. The molecule has 0 radical (unpaired) electrons. The number of carbonyl (C=O) groups excluding carboxylic acids is 1. The van der Waals surface area contributed by atoms with Crippen molar-refractivity contribution in [2.24, 2.45) is 0 Å². The van der Waals surface area contributed by atoms with Gasteiger partial charge in [-0.15, -0.1) is 0 Å². The smallest absolute Gasteiger partial charge is 0.416 e. The Hall–Kier alpha value is -2.21. The number of ether oxygens (including phenoxy) is 1. The molecule has 0 saturated carbocycles. The first-order valence-corrected chi connectivity index (χ1v) is 7.08. The number of para-hydroxylation sites is 1. The second-order valence-electron chi connectivity index (χ2n) is 4.61. The van der Waals surface area contributed by atoms with Crippen molar-refractivity contribution >= 4 is 17.5 Å². The largest absolute Gasteiger partial charge is 0.490 e. The average Bonchev–Trinajstić information content (AvgIpc) is 2.52. The van der Waals surface area contributed by atoms with Crippen LogP contribution in [0.15, 0.2) is 48.5 Å². The van der Waals surface area contributed by atoms with Crippen LogP contribution in [0, 0.1) is 0 Å². The second kappa shape index (κ2) is 7.37. The monoisotopic (exact) mass is 343 g/mol. The Labute approximate surface area is 136 Å². The van der Waals surface area contributed by atoms with Crippen LogP contribution in [0.2, 0.25) is 5.02 Å². The molecule has 1 amide bonds. The van der Waals surface area contributed by atoms with Gasteiger partial charge >= 0.3 is 6.18 Å². The molecule has 0 unspecified atom stereocenters. The molecule has 2 aromatic rings. The van der Waals surface area contributed by atoms with Gasteiger partial charge in [0.2, 0.25) is 0 Å². The third kappa shape index (κ3) is 4.89. The van der Waals surface area contributed by atoms with E-state index < -0.39 is 17.6 Å². The van der Waals surface area contributed by atoms with E-state index in [4.69, 9.17) is 16.3 Å². The number of halogens is 4. The predicted octanol–water partition coefficient (Wildman–Crippen LogP) is 4.17. The lowest BCUT2D eigenvalue weighted by atomic mass is 10.1. The van der Waals surface area contributed by atoms with Gasteiger partial charge in [-0.1, -0.05) is 23.7 Å². The molecule has 0 atom stereocenters. The summed E-state index contributed by atoms with van der Waals surface area (Å²) in [4.78, 5) is 11.8. The van der Waals surface area contributed by atoms with Gasteiger partial charge in [-0.2, -0.15) is 13.2 Å². The molecule has 122 valence electrons. The molecule has 0 aliphatic rings. The van der Waals surface area contributed by atoms with Crippen LogP contribution < -0.4 is 10.1 Å². The summed E-state index contributed by atoms with van der Waals surface area (Å²) >= 11 is 5.91. The second-order valence-corrected chi connectivity index (χ2v) is 5.02. The van der Waals surface area contributed by atoms with E-state index in [0.29, 0.717) is 10.8 Å². The quantitative estimate of drug-likeness (QED) is 0.828. The fraction of sp³-hybridized carbons (Fsp3) is 0.188. The van der Waals surface area contributed by atoms with E-state index in [2.05, 4.69) is 5.32 Å². The van der Waals surface area contributed by atoms with Crippen molar-refractivity contribution in [2.75, 3.05) is 13.2 Å². The molecule has 0 saturated heterocycles. The van der Waals surface area contributed by atoms with Crippen molar-refractivity contribution in [3.63, 3.8) is 0 Å². The van der Waals surface area contributed by atoms with Gasteiger partial charge in [0.1, 0.15) is 12.4 Å². The van der Waals surface area contributed by atoms with Crippen LogP contribution >= 0.6 is 11.6 Å². The number of carbonyl (C=O) groups is 1. The Balaban J connectivity index is 1.82. The summed E-state index contributed by atoms with van der Waals surface area (Å²) in [5.74, 6) is 0.0272. The molecule has 0 fully saturated rings. The highest BCUT2D eigenvalue weighted by Gasteiger charge is 2.30. The van der Waals surface area contributed by atoms with Crippen LogP contribution in [-0.2, 0) is 6.18 Å². The van der Waals surface area contributed by atoms with Crippen LogP contribution in [0.4, 0.5) is 13.2 Å². The fourth-order valence-electron chi connectivity index (χ4n) is 1.80. The summed E-state index contributed by atoms with van der Waals surface area (Å²) in [6.07, 6.45) is -4.42. The van der Waals surface area contributed by atoms with Gasteiger partial charge < -0.3 is 10.1 Å². The highest BCUT2D eigenvalue weighted by atomic mass is 35.5. The SMILES string of the molecule is O=C(NCCOc1ccccc1Cl)c1ccc(C(F)(F)F)cc1. The minimum atomic E-state index is -4.42. The Morgan fingerprint density at radius 2 is 1.74 bits per heavy atom. The molecule has 0 bridgehead atoms. The number of hydrogen-bond donors (Lipinski definition) is 1. The third-order valence-corrected chi connectivity index (χ3v) is 3.27. The third-order valence-electron chi connectivity index (χ3n) is 2.96. The van der Waals surface area contributed by atoms with Crippen molar-refractivity contribution in [1.82, 2.24) is 5.32 Å². The summed E-state index contributed by atoms with van der Waals surface area (Å²) in [5, 5.41) is 3.02. The highest BCUT2D eigenvalue weighted by Crippen LogP contribution is 2.29. The molecule has 2 aromatic carbocycles. The number of alkyl halides is 3. The van der Waals surface area contributed by atoms with E-state index in [1.165, 1.54) is 0 Å². The maximum Gasteiger partial charge on any atom is 0.416 e. The minimum absolute atomic E-state index is 0.149. The van der Waals surface area contributed by atoms with E-state index in [1.807, 2.05) is 0 Å². The number of nitrogens with one attached hydrogen (secondary N) is 1. The van der Waals surface area contributed by atoms with Crippen molar-refractivity contribution < 1.29 is 22.7 Å². The molecule has 0 spiro atoms. The molecule has 3 nitrogen and oxygen atoms in total. The summed E-state index contributed by atoms with van der Waals surface area (Å²) in [6, 6.07) is 10.9. The van der Waals surface area contributed by atoms with E-state index >= 15 is 0 Å². The molecule has 2 rings (SSSR count). The Morgan fingerprint density at radius 1 is 1.09 bits per heavy atom. The molecule has 1 N–H and O–H groups in total. The van der Waals surface area contributed by atoms with Gasteiger partial charge in [0, 0.05) is 5.56 Å². The predicted molar refractivity (Wildman–Crippen MR) is 80.7 cm³/mol. The van der Waals surface area contributed by atoms with E-state index in [-0.39, 0.29) is 18.7 Å². The van der Waals surface area contributed by atoms with Gasteiger partial charge in [-0.3, -0.25) is 4.79 Å². The van der Waals surface area contributed by atoms with Gasteiger partial charge in [0.05, 0.1) is 17.1 Å². The van der Waals surface area contributed by atoms with Crippen LogP contribution in [0.1, 0.15) is 15.9 Å². The molecular formula is C16H13ClF3NO2. The summed E-state index contributed by atoms with van der Waals surface area (Å²) < 4.78 is 42.7. The lowest BCUT2D eigenvalue weighted by Crippen LogP contribution is -2.28. The van der Waals surface area contributed by atoms with Crippen LogP contribution in [-0.4, -0.2) is 19.1 Å². The zero-order valence-corrected chi connectivity index (χ0v) is 12.6. The number of benzene rings is 2. The first-order valence-electron chi connectivity index (χ1n) is 6.71. The maximum absolute atomic E-state index is 12.4. The molecule has 0 aromatic heterocycles. The van der Waals surface area contributed by atoms with Gasteiger partial charge in [0.15, 0.2) is 0 Å². The zero-order chi connectivity index (χ0) is 16.9. The lowest BCUT2D eigenvalue weighted by Gasteiger charge is -2.10. The van der Waals surface area contributed by atoms with Crippen molar-refractivity contribution in [3.05, 3.63) is 64.7 Å². The minimum Gasteiger partial charge on any atom is -0.490 e. The zero-order valence-electron chi connectivity index (χ0n) is 11.9. The van der Waals surface area contributed by atoms with E-state index in [0.717, 1.165) is 24.3 Å². The Kier molecular flexibility index (Phi) is 5.50. The number of amides is 1. The number of hydrogen-bond acceptors (Lipinski definition) is 2. The van der Waals surface area contributed by atoms with Crippen LogP contribution in [0.5, 0.6) is 5.75 Å². The van der Waals surface area contributed by atoms with Gasteiger partial charge in [0.25, 0.3) is 5.91 Å². The van der Waals surface area contributed by atoms with Crippen molar-refractivity contribution in [3.8, 4) is 5.75 Å². The average molecular weight is 344 g/mol. The van der Waals surface area contributed by atoms with Gasteiger partial charge in [-0.05, 0) is 36.4 Å². The topological polar surface area (TPSA) is 38.3 Å². The Morgan fingerprint density at radius 3 is 2.35 bits per heavy atom. The van der Waals surface area contributed by atoms with Crippen molar-refractivity contribution in [2.45, 2.75) is 6.18 Å². The maximum atomic E-state index is 12.4. The number of rotatable bonds is 5. The molecular weight excluding hydrogens is 331 g/mol. The molecule has 7 heteroatoms. The molecule has 0 heterocycles. The first kappa shape index (κ1) is 17.1. The summed E-state index contributed by atoms with van der Waals surface area (Å²) in [7, 11) is 0. The molecule has 23 heavy (non-hydrogen) atoms. The van der Waals surface area contributed by atoms with Gasteiger partial charge in [-0.25, -0.2) is 0 Å². The summed E-state index contributed by atoms with van der Waals surface area (Å²) in [5.41, 5.74) is -0.646. The van der Waals surface area contributed by atoms with Crippen molar-refractivity contribution in [1.29, 1.82) is 0 Å². The first-order chi connectivity index (χ1) is 10.9. The lowest BCUT2D eigenvalue weighted by molar-refractivity contribution is -0.137. The van der Waals surface area contributed by atoms with Crippen LogP contribution in [0.25, 0.3) is 0 Å². The Bertz CT molecular complexity index is 672. The highest BCUT2D eigenvalue weighted by molar-refractivity contribution is 6.32. The van der Waals surface area contributed by atoms with Crippen LogP contribution in [0.3, 0.4) is 0 Å². The molecule has 0 aliphatic heterocycles. The normalized spacial score (nSPS) is 11.1. The summed E-state index contributed by atoms with van der Waals surface area (Å²) in [6.45, 7) is 0.390. The van der Waals surface area contributed by atoms with E-state index in [1.54, 1.807) is 24.3 Å². The van der Waals surface area contributed by atoms with E-state index in [9.17, 15) is 18.0 Å². The standard InChI is InChI=1S/C16H13ClF3NO2/c17-13-3-1-2-4-14(13)23-10-9-21-15(22)11-5-7-12(8-6-11)16(18,19)20/h1-8H,9-10H2,(H,21,22). The fourth-order valence-corrected chi connectivity index (χ4v) is 1.99.